The van der Waals surface area contributed by atoms with Gasteiger partial charge in [0, 0.05) is 12.0 Å². The molecule has 0 spiro atoms. The number of aliphatic hydroxyl groups is 1. The molecule has 0 aliphatic carbocycles. The molecule has 5 nitrogen and oxygen atoms in total. The van der Waals surface area contributed by atoms with E-state index < -0.39 is 15.9 Å². The number of sulfone groups is 1. The zero-order chi connectivity index (χ0) is 13.5. The zero-order valence-corrected chi connectivity index (χ0v) is 11.9. The summed E-state index contributed by atoms with van der Waals surface area (Å²) in [5.74, 6) is -0.127. The van der Waals surface area contributed by atoms with Crippen LogP contribution in [0.15, 0.2) is 6.20 Å². The van der Waals surface area contributed by atoms with Crippen LogP contribution >= 0.6 is 11.6 Å². The Labute approximate surface area is 112 Å². The Morgan fingerprint density at radius 3 is 2.72 bits per heavy atom. The van der Waals surface area contributed by atoms with Gasteiger partial charge in [0.15, 0.2) is 9.84 Å². The van der Waals surface area contributed by atoms with E-state index in [1.54, 1.807) is 4.68 Å². The van der Waals surface area contributed by atoms with Crippen molar-refractivity contribution >= 4 is 21.4 Å². The predicted molar refractivity (Wildman–Crippen MR) is 69.3 cm³/mol. The lowest BCUT2D eigenvalue weighted by molar-refractivity contribution is 0.110. The van der Waals surface area contributed by atoms with Gasteiger partial charge in [-0.2, -0.15) is 5.10 Å². The van der Waals surface area contributed by atoms with Crippen molar-refractivity contribution in [1.29, 1.82) is 0 Å². The summed E-state index contributed by atoms with van der Waals surface area (Å²) in [4.78, 5) is 0. The maximum absolute atomic E-state index is 11.5. The first-order chi connectivity index (χ1) is 8.32. The maximum Gasteiger partial charge on any atom is 0.150 e. The van der Waals surface area contributed by atoms with Crippen LogP contribution in [0.5, 0.6) is 0 Å². The van der Waals surface area contributed by atoms with Crippen LogP contribution in [-0.4, -0.2) is 34.8 Å². The molecule has 0 amide bonds. The van der Waals surface area contributed by atoms with E-state index in [0.717, 1.165) is 0 Å². The molecular formula is C11H17ClN2O3S. The summed E-state index contributed by atoms with van der Waals surface area (Å²) in [6.45, 7) is 3.87. The Hall–Kier alpha value is -0.590. The molecule has 1 aliphatic rings. The van der Waals surface area contributed by atoms with E-state index in [0.29, 0.717) is 17.1 Å². The van der Waals surface area contributed by atoms with Gasteiger partial charge in [-0.05, 0) is 20.3 Å². The number of rotatable bonds is 3. The number of aromatic nitrogens is 2. The maximum atomic E-state index is 11.5. The molecule has 18 heavy (non-hydrogen) atoms. The van der Waals surface area contributed by atoms with Crippen molar-refractivity contribution < 1.29 is 13.5 Å². The molecule has 0 radical (unpaired) electrons. The molecule has 1 fully saturated rings. The van der Waals surface area contributed by atoms with Gasteiger partial charge in [-0.3, -0.25) is 4.68 Å². The number of hydrogen-bond acceptors (Lipinski definition) is 4. The average Bonchev–Trinajstić information content (AvgIpc) is 2.80. The Bertz CT molecular complexity index is 538. The molecule has 2 atom stereocenters. The Balaban J connectivity index is 2.29. The highest BCUT2D eigenvalue weighted by molar-refractivity contribution is 7.91. The van der Waals surface area contributed by atoms with Gasteiger partial charge in [0.1, 0.15) is 6.10 Å². The van der Waals surface area contributed by atoms with Crippen molar-refractivity contribution in [1.82, 2.24) is 9.78 Å². The van der Waals surface area contributed by atoms with Crippen LogP contribution in [-0.2, 0) is 9.84 Å². The second kappa shape index (κ2) is 4.83. The molecule has 2 rings (SSSR count). The third-order valence-corrected chi connectivity index (χ3v) is 5.36. The summed E-state index contributed by atoms with van der Waals surface area (Å²) in [6, 6.07) is 0.0696. The molecule has 1 aliphatic heterocycles. The lowest BCUT2D eigenvalue weighted by Gasteiger charge is -2.20. The van der Waals surface area contributed by atoms with Crippen LogP contribution in [0.4, 0.5) is 0 Å². The molecule has 1 aromatic rings. The van der Waals surface area contributed by atoms with Crippen LogP contribution in [0, 0.1) is 5.92 Å². The lowest BCUT2D eigenvalue weighted by atomic mass is 9.99. The van der Waals surface area contributed by atoms with Crippen LogP contribution in [0.2, 0.25) is 5.02 Å². The van der Waals surface area contributed by atoms with Gasteiger partial charge in [0.2, 0.25) is 0 Å². The molecule has 0 saturated carbocycles. The van der Waals surface area contributed by atoms with Crippen molar-refractivity contribution in [2.24, 2.45) is 5.92 Å². The normalized spacial score (nSPS) is 24.6. The first kappa shape index (κ1) is 13.8. The van der Waals surface area contributed by atoms with Gasteiger partial charge in [-0.25, -0.2) is 8.42 Å². The highest BCUT2D eigenvalue weighted by atomic mass is 35.5. The van der Waals surface area contributed by atoms with Gasteiger partial charge >= 0.3 is 0 Å². The fraction of sp³-hybridized carbons (Fsp3) is 0.727. The van der Waals surface area contributed by atoms with Crippen molar-refractivity contribution in [3.8, 4) is 0 Å². The third-order valence-electron chi connectivity index (χ3n) is 3.27. The number of hydrogen-bond donors (Lipinski definition) is 1. The van der Waals surface area contributed by atoms with Crippen LogP contribution in [0.25, 0.3) is 0 Å². The van der Waals surface area contributed by atoms with Crippen molar-refractivity contribution in [3.05, 3.63) is 16.9 Å². The minimum Gasteiger partial charge on any atom is -0.386 e. The van der Waals surface area contributed by atoms with Crippen LogP contribution in [0.1, 0.15) is 38.1 Å². The SMILES string of the molecule is CC(C)n1ncc(Cl)c1C(O)C1CCS(=O)(=O)C1. The number of aliphatic hydroxyl groups excluding tert-OH is 1. The number of nitrogens with zero attached hydrogens (tertiary/aromatic N) is 2. The largest absolute Gasteiger partial charge is 0.386 e. The van der Waals surface area contributed by atoms with Gasteiger partial charge in [-0.1, -0.05) is 11.6 Å². The van der Waals surface area contributed by atoms with Crippen LogP contribution < -0.4 is 0 Å². The van der Waals surface area contributed by atoms with Crippen molar-refractivity contribution in [2.45, 2.75) is 32.4 Å². The molecular weight excluding hydrogens is 276 g/mol. The van der Waals surface area contributed by atoms with E-state index in [-0.39, 0.29) is 23.5 Å². The summed E-state index contributed by atoms with van der Waals surface area (Å²) < 4.78 is 24.6. The quantitative estimate of drug-likeness (QED) is 0.918. The third kappa shape index (κ3) is 2.55. The van der Waals surface area contributed by atoms with E-state index in [4.69, 9.17) is 11.6 Å². The summed E-state index contributed by atoms with van der Waals surface area (Å²) in [6.07, 6.45) is 1.09. The molecule has 1 saturated heterocycles. The average molecular weight is 293 g/mol. The minimum absolute atomic E-state index is 0.0216. The molecule has 1 N–H and O–H groups in total. The molecule has 0 bridgehead atoms. The lowest BCUT2D eigenvalue weighted by Crippen LogP contribution is -2.19. The van der Waals surface area contributed by atoms with E-state index in [9.17, 15) is 13.5 Å². The summed E-state index contributed by atoms with van der Waals surface area (Å²) >= 11 is 6.04. The van der Waals surface area contributed by atoms with E-state index in [2.05, 4.69) is 5.10 Å². The molecule has 0 aromatic carbocycles. The fourth-order valence-electron chi connectivity index (χ4n) is 2.33. The minimum atomic E-state index is -3.01. The van der Waals surface area contributed by atoms with Crippen LogP contribution in [0.3, 0.4) is 0 Å². The smallest absolute Gasteiger partial charge is 0.150 e. The Morgan fingerprint density at radius 2 is 2.22 bits per heavy atom. The summed E-state index contributed by atoms with van der Waals surface area (Å²) in [5.41, 5.74) is 0.522. The standard InChI is InChI=1S/C11H17ClN2O3S/c1-7(2)14-10(9(12)5-13-14)11(15)8-3-4-18(16,17)6-8/h5,7-8,11,15H,3-4,6H2,1-2H3. The topological polar surface area (TPSA) is 72.2 Å². The summed E-state index contributed by atoms with van der Waals surface area (Å²) in [7, 11) is -3.01. The van der Waals surface area contributed by atoms with E-state index >= 15 is 0 Å². The first-order valence-electron chi connectivity index (χ1n) is 5.93. The van der Waals surface area contributed by atoms with E-state index in [1.807, 2.05) is 13.8 Å². The molecule has 102 valence electrons. The molecule has 2 heterocycles. The monoisotopic (exact) mass is 292 g/mol. The second-order valence-electron chi connectivity index (χ2n) is 5.02. The second-order valence-corrected chi connectivity index (χ2v) is 7.66. The Morgan fingerprint density at radius 1 is 1.56 bits per heavy atom. The van der Waals surface area contributed by atoms with Crippen molar-refractivity contribution in [2.75, 3.05) is 11.5 Å². The summed E-state index contributed by atoms with van der Waals surface area (Å²) in [5, 5.41) is 14.9. The van der Waals surface area contributed by atoms with Gasteiger partial charge in [-0.15, -0.1) is 0 Å². The van der Waals surface area contributed by atoms with E-state index in [1.165, 1.54) is 6.20 Å². The van der Waals surface area contributed by atoms with Gasteiger partial charge < -0.3 is 5.11 Å². The molecule has 2 unspecified atom stereocenters. The highest BCUT2D eigenvalue weighted by Gasteiger charge is 2.36. The Kier molecular flexibility index (Phi) is 3.71. The predicted octanol–water partition coefficient (Wildman–Crippen LogP) is 1.59. The fourth-order valence-corrected chi connectivity index (χ4v) is 4.41. The highest BCUT2D eigenvalue weighted by Crippen LogP contribution is 2.35. The van der Waals surface area contributed by atoms with Gasteiger partial charge in [0.25, 0.3) is 0 Å². The van der Waals surface area contributed by atoms with Gasteiger partial charge in [0.05, 0.1) is 28.4 Å². The van der Waals surface area contributed by atoms with Crippen molar-refractivity contribution in [3.63, 3.8) is 0 Å². The molecule has 1 aromatic heterocycles. The number of halogens is 1. The zero-order valence-electron chi connectivity index (χ0n) is 10.4. The first-order valence-corrected chi connectivity index (χ1v) is 8.13. The molecule has 7 heteroatoms.